The van der Waals surface area contributed by atoms with E-state index in [-0.39, 0.29) is 0 Å². The summed E-state index contributed by atoms with van der Waals surface area (Å²) in [4.78, 5) is 5.25. The Balaban J connectivity index is 0.988. The van der Waals surface area contributed by atoms with Crippen molar-refractivity contribution < 1.29 is 0 Å². The predicted molar refractivity (Wildman–Crippen MR) is 230 cm³/mol. The number of pyridine rings is 1. The van der Waals surface area contributed by atoms with Gasteiger partial charge in [0.15, 0.2) is 0 Å². The molecule has 2 heterocycles. The van der Waals surface area contributed by atoms with Crippen LogP contribution < -0.4 is 0 Å². The average molecular weight is 697 g/mol. The molecule has 9 aromatic carbocycles. The number of imidazole rings is 1. The van der Waals surface area contributed by atoms with E-state index >= 15 is 0 Å². The van der Waals surface area contributed by atoms with Crippen molar-refractivity contribution in [2.75, 3.05) is 0 Å². The average Bonchev–Trinajstić information content (AvgIpc) is 3.95. The number of nitrogens with zero attached hydrogens (tertiary/aromatic N) is 2. The fraction of sp³-hybridized carbons (Fsp3) is 0.0377. The molecule has 0 unspecified atom stereocenters. The summed E-state index contributed by atoms with van der Waals surface area (Å²) < 4.78 is 2.38. The molecule has 0 saturated carbocycles. The van der Waals surface area contributed by atoms with Crippen LogP contribution in [-0.2, 0) is 12.8 Å². The van der Waals surface area contributed by atoms with Crippen molar-refractivity contribution in [3.8, 4) is 44.5 Å². The zero-order valence-corrected chi connectivity index (χ0v) is 30.0. The second-order valence-electron chi connectivity index (χ2n) is 15.4. The molecular formula is C53H32N2. The van der Waals surface area contributed by atoms with Gasteiger partial charge in [0.1, 0.15) is 5.65 Å². The van der Waals surface area contributed by atoms with Crippen LogP contribution in [-0.4, -0.2) is 9.38 Å². The lowest BCUT2D eigenvalue weighted by Gasteiger charge is -2.17. The lowest BCUT2D eigenvalue weighted by molar-refractivity contribution is 1.24. The van der Waals surface area contributed by atoms with Gasteiger partial charge in [-0.15, -0.1) is 0 Å². The summed E-state index contributed by atoms with van der Waals surface area (Å²) in [5.74, 6) is 0. The lowest BCUT2D eigenvalue weighted by Crippen LogP contribution is -1.94. The monoisotopic (exact) mass is 696 g/mol. The minimum Gasteiger partial charge on any atom is -0.292 e. The summed E-state index contributed by atoms with van der Waals surface area (Å²) in [6, 6.07) is 63.1. The molecule has 0 saturated heterocycles. The molecule has 0 fully saturated rings. The van der Waals surface area contributed by atoms with Crippen LogP contribution in [0.1, 0.15) is 22.3 Å². The molecular weight excluding hydrogens is 665 g/mol. The normalized spacial score (nSPS) is 12.9. The summed E-state index contributed by atoms with van der Waals surface area (Å²) in [6.07, 6.45) is 1.92. The number of benzene rings is 9. The molecule has 13 rings (SSSR count). The Morgan fingerprint density at radius 2 is 1.11 bits per heavy atom. The van der Waals surface area contributed by atoms with Crippen LogP contribution in [0, 0.1) is 0 Å². The Morgan fingerprint density at radius 1 is 0.400 bits per heavy atom. The van der Waals surface area contributed by atoms with Crippen molar-refractivity contribution in [2.24, 2.45) is 0 Å². The van der Waals surface area contributed by atoms with E-state index in [1.165, 1.54) is 110 Å². The van der Waals surface area contributed by atoms with E-state index < -0.39 is 0 Å². The van der Waals surface area contributed by atoms with E-state index in [1.54, 1.807) is 0 Å². The molecule has 2 nitrogen and oxygen atoms in total. The highest BCUT2D eigenvalue weighted by molar-refractivity contribution is 6.23. The summed E-state index contributed by atoms with van der Waals surface area (Å²) in [7, 11) is 0. The van der Waals surface area contributed by atoms with E-state index in [0.717, 1.165) is 29.5 Å². The summed E-state index contributed by atoms with van der Waals surface area (Å²) in [6.45, 7) is 0. The second-order valence-corrected chi connectivity index (χ2v) is 15.4. The van der Waals surface area contributed by atoms with Gasteiger partial charge in [0.05, 0.1) is 16.6 Å². The Hall–Kier alpha value is -7.03. The van der Waals surface area contributed by atoms with E-state index in [4.69, 9.17) is 4.98 Å². The molecule has 0 spiro atoms. The molecule has 2 heteroatoms. The topological polar surface area (TPSA) is 17.3 Å². The fourth-order valence-electron chi connectivity index (χ4n) is 10.2. The van der Waals surface area contributed by atoms with Crippen LogP contribution in [0.3, 0.4) is 0 Å². The van der Waals surface area contributed by atoms with Crippen molar-refractivity contribution in [2.45, 2.75) is 12.8 Å². The standard InChI is InChI=1S/C53H32N2/c1-4-12-39-32(9-1)21-22-37-27-38-29-44(45-28-36-11-3-6-14-41(36)51(45)50(38)49(37)39)34-19-17-31(18-20-34)35-24-25-42-43-26-23-33-10-2-5-13-40(33)52(43)53-54-46-15-7-8-16-47(46)55(53)48(42)30-35/h1-26,29-30H,27-28H2. The van der Waals surface area contributed by atoms with Gasteiger partial charge in [0.2, 0.25) is 0 Å². The Kier molecular flexibility index (Phi) is 5.77. The molecule has 11 aromatic rings. The lowest BCUT2D eigenvalue weighted by atomic mass is 9.86. The largest absolute Gasteiger partial charge is 0.292 e. The van der Waals surface area contributed by atoms with Crippen LogP contribution in [0.25, 0.3) is 104 Å². The first-order valence-electron chi connectivity index (χ1n) is 19.3. The van der Waals surface area contributed by atoms with Crippen molar-refractivity contribution in [1.82, 2.24) is 9.38 Å². The maximum absolute atomic E-state index is 5.25. The first-order chi connectivity index (χ1) is 27.3. The van der Waals surface area contributed by atoms with Crippen LogP contribution >= 0.6 is 0 Å². The van der Waals surface area contributed by atoms with E-state index in [1.807, 2.05) is 0 Å². The van der Waals surface area contributed by atoms with Crippen LogP contribution in [0.15, 0.2) is 170 Å². The number of rotatable bonds is 2. The molecule has 55 heavy (non-hydrogen) atoms. The quantitative estimate of drug-likeness (QED) is 0.165. The van der Waals surface area contributed by atoms with Gasteiger partial charge in [-0.1, -0.05) is 146 Å². The molecule has 0 atom stereocenters. The van der Waals surface area contributed by atoms with E-state index in [0.29, 0.717) is 0 Å². The molecule has 254 valence electrons. The van der Waals surface area contributed by atoms with Crippen molar-refractivity contribution in [3.63, 3.8) is 0 Å². The predicted octanol–water partition coefficient (Wildman–Crippen LogP) is 13.6. The maximum Gasteiger partial charge on any atom is 0.147 e. The minimum absolute atomic E-state index is 0.957. The van der Waals surface area contributed by atoms with Crippen LogP contribution in [0.5, 0.6) is 0 Å². The molecule has 0 bridgehead atoms. The van der Waals surface area contributed by atoms with Gasteiger partial charge in [0, 0.05) is 10.8 Å². The van der Waals surface area contributed by atoms with Gasteiger partial charge in [-0.3, -0.25) is 4.40 Å². The smallest absolute Gasteiger partial charge is 0.147 e. The van der Waals surface area contributed by atoms with Gasteiger partial charge < -0.3 is 0 Å². The zero-order valence-electron chi connectivity index (χ0n) is 30.0. The summed E-state index contributed by atoms with van der Waals surface area (Å²) in [5, 5.41) is 8.82. The molecule has 2 aromatic heterocycles. The third-order valence-corrected chi connectivity index (χ3v) is 12.6. The highest BCUT2D eigenvalue weighted by Gasteiger charge is 2.32. The van der Waals surface area contributed by atoms with Gasteiger partial charge in [-0.05, 0) is 131 Å². The van der Waals surface area contributed by atoms with Crippen LogP contribution in [0.4, 0.5) is 0 Å². The van der Waals surface area contributed by atoms with Gasteiger partial charge in [-0.25, -0.2) is 4.98 Å². The van der Waals surface area contributed by atoms with Gasteiger partial charge >= 0.3 is 0 Å². The van der Waals surface area contributed by atoms with Crippen molar-refractivity contribution >= 4 is 59.9 Å². The van der Waals surface area contributed by atoms with Crippen LogP contribution in [0.2, 0.25) is 0 Å². The van der Waals surface area contributed by atoms with Crippen molar-refractivity contribution in [1.29, 1.82) is 0 Å². The maximum atomic E-state index is 5.25. The number of para-hydroxylation sites is 2. The SMILES string of the molecule is c1ccc2c(c1)Cc1c(-c3ccc(-c4ccc5c6ccc7ccccc7c6c6nc7ccccc7n6c5c4)cc3)cc3c(c1-2)-c1c(ccc2ccccc12)C3. The van der Waals surface area contributed by atoms with Gasteiger partial charge in [0.25, 0.3) is 0 Å². The third kappa shape index (κ3) is 4.01. The van der Waals surface area contributed by atoms with Crippen molar-refractivity contribution in [3.05, 3.63) is 192 Å². The Labute approximate surface area is 317 Å². The van der Waals surface area contributed by atoms with Gasteiger partial charge in [-0.2, -0.15) is 0 Å². The molecule has 0 radical (unpaired) electrons. The molecule has 2 aliphatic rings. The minimum atomic E-state index is 0.957. The summed E-state index contributed by atoms with van der Waals surface area (Å²) >= 11 is 0. The molecule has 0 aliphatic heterocycles. The molecule has 0 amide bonds. The number of aromatic nitrogens is 2. The first-order valence-corrected chi connectivity index (χ1v) is 19.3. The Morgan fingerprint density at radius 3 is 2.02 bits per heavy atom. The molecule has 0 N–H and O–H groups in total. The first kappa shape index (κ1) is 29.4. The number of hydrogen-bond donors (Lipinski definition) is 0. The highest BCUT2D eigenvalue weighted by Crippen LogP contribution is 2.54. The number of hydrogen-bond acceptors (Lipinski definition) is 1. The fourth-order valence-corrected chi connectivity index (χ4v) is 10.2. The van der Waals surface area contributed by atoms with E-state index in [2.05, 4.69) is 174 Å². The Bertz CT molecular complexity index is 3470. The zero-order chi connectivity index (χ0) is 35.8. The highest BCUT2D eigenvalue weighted by atomic mass is 15.0. The van der Waals surface area contributed by atoms with E-state index in [9.17, 15) is 0 Å². The number of fused-ring (bicyclic) bond motifs is 19. The summed E-state index contributed by atoms with van der Waals surface area (Å²) in [5.41, 5.74) is 20.8. The third-order valence-electron chi connectivity index (χ3n) is 12.6. The second kappa shape index (κ2) is 10.8. The molecule has 2 aliphatic carbocycles.